The van der Waals surface area contributed by atoms with Crippen LogP contribution in [0.2, 0.25) is 0 Å². The number of carboxylic acids is 1. The van der Waals surface area contributed by atoms with E-state index in [1.807, 2.05) is 36.5 Å². The Morgan fingerprint density at radius 3 is 2.59 bits per heavy atom. The fourth-order valence-corrected chi connectivity index (χ4v) is 8.86. The summed E-state index contributed by atoms with van der Waals surface area (Å²) in [5.74, 6) is 0.0448. The number of nitrogens with zero attached hydrogens (tertiary/aromatic N) is 6. The van der Waals surface area contributed by atoms with Crippen molar-refractivity contribution in [3.8, 4) is 28.7 Å². The molecule has 0 unspecified atom stereocenters. The molecular formula is C43H41N7O4. The second-order valence-electron chi connectivity index (χ2n) is 15.0. The van der Waals surface area contributed by atoms with Gasteiger partial charge in [-0.05, 0) is 115 Å². The number of aliphatic hydroxyl groups is 1. The number of β-amino-alcohol motifs (C(OH)–C–C–N with tert-alkyl or cyclic N) is 1. The van der Waals surface area contributed by atoms with E-state index in [4.69, 9.17) is 14.4 Å². The lowest BCUT2D eigenvalue weighted by atomic mass is 9.93. The summed E-state index contributed by atoms with van der Waals surface area (Å²) >= 11 is 0. The van der Waals surface area contributed by atoms with Crippen LogP contribution in [0.1, 0.15) is 58.7 Å². The summed E-state index contributed by atoms with van der Waals surface area (Å²) in [7, 11) is 0. The first-order valence-electron chi connectivity index (χ1n) is 18.7. The van der Waals surface area contributed by atoms with Crippen LogP contribution in [0.25, 0.3) is 44.6 Å². The smallest absolute Gasteiger partial charge is 0.307 e. The Labute approximate surface area is 312 Å². The van der Waals surface area contributed by atoms with Crippen molar-refractivity contribution < 1.29 is 19.4 Å². The summed E-state index contributed by atoms with van der Waals surface area (Å²) < 4.78 is 6.44. The van der Waals surface area contributed by atoms with Gasteiger partial charge in [0.15, 0.2) is 11.4 Å². The molecule has 0 spiro atoms. The summed E-state index contributed by atoms with van der Waals surface area (Å²) in [5.41, 5.74) is 11.6. The van der Waals surface area contributed by atoms with Crippen LogP contribution in [0.15, 0.2) is 71.4 Å². The number of aromatic nitrogens is 3. The summed E-state index contributed by atoms with van der Waals surface area (Å²) in [4.78, 5) is 30.6. The summed E-state index contributed by atoms with van der Waals surface area (Å²) in [5, 5.41) is 34.4. The number of benzene rings is 3. The lowest BCUT2D eigenvalue weighted by molar-refractivity contribution is -0.141. The van der Waals surface area contributed by atoms with Crippen molar-refractivity contribution in [1.82, 2.24) is 24.8 Å². The molecule has 54 heavy (non-hydrogen) atoms. The molecule has 3 aliphatic rings. The van der Waals surface area contributed by atoms with Gasteiger partial charge in [-0.1, -0.05) is 24.3 Å². The van der Waals surface area contributed by atoms with Crippen molar-refractivity contribution in [2.45, 2.75) is 58.2 Å². The molecule has 272 valence electrons. The number of carbonyl (C=O) groups is 1. The van der Waals surface area contributed by atoms with Gasteiger partial charge < -0.3 is 19.9 Å². The molecule has 5 heterocycles. The zero-order chi connectivity index (χ0) is 37.1. The van der Waals surface area contributed by atoms with Gasteiger partial charge in [0, 0.05) is 61.3 Å². The highest BCUT2D eigenvalue weighted by Crippen LogP contribution is 2.44. The molecule has 0 radical (unpaired) electrons. The van der Waals surface area contributed by atoms with E-state index in [1.54, 1.807) is 6.20 Å². The van der Waals surface area contributed by atoms with Crippen LogP contribution in [-0.4, -0.2) is 73.2 Å². The van der Waals surface area contributed by atoms with Crippen LogP contribution in [-0.2, 0) is 17.8 Å². The molecule has 1 aliphatic carbocycles. The molecule has 3 aromatic carbocycles. The number of pyridine rings is 2. The molecule has 2 fully saturated rings. The van der Waals surface area contributed by atoms with Crippen LogP contribution < -0.4 is 5.32 Å². The van der Waals surface area contributed by atoms with Gasteiger partial charge in [0.25, 0.3) is 0 Å². The van der Waals surface area contributed by atoms with Crippen LogP contribution >= 0.6 is 0 Å². The van der Waals surface area contributed by atoms with E-state index < -0.39 is 5.97 Å². The average Bonchev–Trinajstić information content (AvgIpc) is 3.99. The lowest BCUT2D eigenvalue weighted by Crippen LogP contribution is -2.26. The number of nitrogens with one attached hydrogen (secondary N) is 1. The van der Waals surface area contributed by atoms with Crippen molar-refractivity contribution in [3.63, 3.8) is 0 Å². The zero-order valence-electron chi connectivity index (χ0n) is 30.3. The van der Waals surface area contributed by atoms with E-state index in [0.29, 0.717) is 47.9 Å². The Balaban J connectivity index is 1.01. The van der Waals surface area contributed by atoms with E-state index in [-0.39, 0.29) is 18.1 Å². The van der Waals surface area contributed by atoms with Gasteiger partial charge in [0.2, 0.25) is 5.89 Å². The minimum Gasteiger partial charge on any atom is -0.481 e. The van der Waals surface area contributed by atoms with E-state index in [2.05, 4.69) is 64.3 Å². The quantitative estimate of drug-likeness (QED) is 0.145. The van der Waals surface area contributed by atoms with Gasteiger partial charge in [-0.3, -0.25) is 19.6 Å². The molecule has 3 aromatic heterocycles. The van der Waals surface area contributed by atoms with E-state index in [0.717, 1.165) is 100.0 Å². The molecule has 0 bridgehead atoms. The number of hydrogen-bond donors (Lipinski definition) is 3. The third-order valence-electron chi connectivity index (χ3n) is 11.7. The van der Waals surface area contributed by atoms with E-state index >= 15 is 0 Å². The Morgan fingerprint density at radius 1 is 1.00 bits per heavy atom. The van der Waals surface area contributed by atoms with Crippen LogP contribution in [0.4, 0.5) is 11.5 Å². The van der Waals surface area contributed by atoms with Gasteiger partial charge in [-0.25, -0.2) is 9.97 Å². The average molecular weight is 720 g/mol. The SMILES string of the molecule is Cc1c(Nc2nccc3cc(CN4CC[C@@H](O)C4)cnc23)cccc1-c1cccc(-c2nc3cc4c(c(C#N)c3o2)CC[C@@H]4N2CC[C@@H](C(=O)O)C2)c1C. The number of likely N-dealkylation sites (tertiary alicyclic amines) is 2. The van der Waals surface area contributed by atoms with Gasteiger partial charge in [0.05, 0.1) is 12.0 Å². The minimum absolute atomic E-state index is 0.0721. The van der Waals surface area contributed by atoms with Crippen LogP contribution in [0, 0.1) is 31.1 Å². The molecule has 0 amide bonds. The number of rotatable bonds is 8. The molecule has 3 N–H and O–H groups in total. The monoisotopic (exact) mass is 719 g/mol. The minimum atomic E-state index is -0.745. The molecule has 3 atom stereocenters. The number of oxazole rings is 1. The van der Waals surface area contributed by atoms with Crippen molar-refractivity contribution in [3.05, 3.63) is 100 Å². The number of hydrogen-bond acceptors (Lipinski definition) is 10. The number of aliphatic hydroxyl groups excluding tert-OH is 1. The van der Waals surface area contributed by atoms with Gasteiger partial charge >= 0.3 is 5.97 Å². The first-order valence-corrected chi connectivity index (χ1v) is 18.7. The topological polar surface area (TPSA) is 152 Å². The second-order valence-corrected chi connectivity index (χ2v) is 15.0. The maximum absolute atomic E-state index is 11.7. The van der Waals surface area contributed by atoms with Crippen LogP contribution in [0.3, 0.4) is 0 Å². The fraction of sp³-hybridized carbons (Fsp3) is 0.326. The maximum atomic E-state index is 11.7. The Morgan fingerprint density at radius 2 is 1.81 bits per heavy atom. The first-order chi connectivity index (χ1) is 26.2. The lowest BCUT2D eigenvalue weighted by Gasteiger charge is -2.24. The first kappa shape index (κ1) is 34.1. The van der Waals surface area contributed by atoms with Crippen LogP contribution in [0.5, 0.6) is 0 Å². The largest absolute Gasteiger partial charge is 0.481 e. The predicted molar refractivity (Wildman–Crippen MR) is 206 cm³/mol. The Bertz CT molecular complexity index is 2500. The summed E-state index contributed by atoms with van der Waals surface area (Å²) in [6, 6.07) is 21.0. The number of aliphatic carboxylic acids is 1. The summed E-state index contributed by atoms with van der Waals surface area (Å²) in [6.07, 6.45) is 6.50. The molecule has 11 heteroatoms. The molecule has 6 aromatic rings. The van der Waals surface area contributed by atoms with Gasteiger partial charge in [-0.2, -0.15) is 5.26 Å². The maximum Gasteiger partial charge on any atom is 0.307 e. The van der Waals surface area contributed by atoms with Crippen molar-refractivity contribution in [2.24, 2.45) is 5.92 Å². The molecule has 2 aliphatic heterocycles. The number of carboxylic acid groups (broad SMARTS) is 1. The fourth-order valence-electron chi connectivity index (χ4n) is 8.86. The third-order valence-corrected chi connectivity index (χ3v) is 11.7. The van der Waals surface area contributed by atoms with E-state index in [9.17, 15) is 20.3 Å². The third kappa shape index (κ3) is 5.97. The van der Waals surface area contributed by atoms with Gasteiger partial charge in [-0.15, -0.1) is 0 Å². The number of fused-ring (bicyclic) bond motifs is 3. The highest BCUT2D eigenvalue weighted by atomic mass is 16.4. The highest BCUT2D eigenvalue weighted by molar-refractivity contribution is 5.91. The molecule has 11 nitrogen and oxygen atoms in total. The molecule has 0 saturated carbocycles. The molecule has 9 rings (SSSR count). The Kier molecular flexibility index (Phi) is 8.61. The number of anilines is 2. The normalized spacial score (nSPS) is 20.1. The van der Waals surface area contributed by atoms with Gasteiger partial charge in [0.1, 0.15) is 22.7 Å². The van der Waals surface area contributed by atoms with Crippen molar-refractivity contribution in [2.75, 3.05) is 31.5 Å². The number of nitriles is 1. The second kappa shape index (κ2) is 13.6. The van der Waals surface area contributed by atoms with E-state index in [1.165, 1.54) is 0 Å². The highest BCUT2D eigenvalue weighted by Gasteiger charge is 2.37. The molecule has 2 saturated heterocycles. The summed E-state index contributed by atoms with van der Waals surface area (Å²) in [6.45, 7) is 7.76. The zero-order valence-corrected chi connectivity index (χ0v) is 30.3. The van der Waals surface area contributed by atoms with Crippen molar-refractivity contribution >= 4 is 39.5 Å². The predicted octanol–water partition coefficient (Wildman–Crippen LogP) is 7.30. The Hall–Kier alpha value is -5.67. The standard InChI is InChI=1S/C43H41N7O4/c1-24-30(31-6-4-8-36(25(31)2)47-41-39-27(11-14-45-41)17-26(20-46-39)21-49-15-13-29(51)23-49)5-3-7-32(24)42-48-37-18-34-33(35(19-44)40(37)54-42)9-10-38(34)50-16-12-28(22-50)43(52)53/h3-8,11,14,17-18,20,28-29,38,51H,9-10,12-13,15-16,21-23H2,1-2H3,(H,45,47)(H,52,53)/t28-,29-,38+/m1/s1. The van der Waals surface area contributed by atoms with Crippen molar-refractivity contribution in [1.29, 1.82) is 5.26 Å². The molecular weight excluding hydrogens is 679 g/mol.